The molecule has 4 aromatic rings. The lowest BCUT2D eigenvalue weighted by atomic mass is 10.1. The third-order valence-corrected chi connectivity index (χ3v) is 4.68. The average molecular weight is 414 g/mol. The van der Waals surface area contributed by atoms with E-state index in [1.54, 1.807) is 35.1 Å². The van der Waals surface area contributed by atoms with E-state index >= 15 is 0 Å². The van der Waals surface area contributed by atoms with Crippen LogP contribution in [0.2, 0.25) is 0 Å². The number of anilines is 1. The Hall–Kier alpha value is -4.38. The summed E-state index contributed by atoms with van der Waals surface area (Å²) in [4.78, 5) is 24.6. The van der Waals surface area contributed by atoms with E-state index in [0.29, 0.717) is 40.4 Å². The molecule has 154 valence electrons. The minimum atomic E-state index is -0.455. The maximum atomic E-state index is 13.0. The van der Waals surface area contributed by atoms with Gasteiger partial charge in [-0.1, -0.05) is 18.2 Å². The van der Waals surface area contributed by atoms with Crippen LogP contribution >= 0.6 is 0 Å². The van der Waals surface area contributed by atoms with Crippen molar-refractivity contribution in [2.75, 3.05) is 12.4 Å². The molecule has 31 heavy (non-hydrogen) atoms. The summed E-state index contributed by atoms with van der Waals surface area (Å²) in [5.41, 5.74) is 2.28. The number of aromatic nitrogens is 2. The van der Waals surface area contributed by atoms with Crippen molar-refractivity contribution in [2.24, 2.45) is 0 Å². The van der Waals surface area contributed by atoms with Crippen LogP contribution in [0.3, 0.4) is 0 Å². The summed E-state index contributed by atoms with van der Waals surface area (Å²) in [5.74, 6) is -0.378. The fourth-order valence-corrected chi connectivity index (χ4v) is 3.15. The maximum absolute atomic E-state index is 13.0. The molecular formula is C23H18N4O4. The van der Waals surface area contributed by atoms with Gasteiger partial charge in [-0.25, -0.2) is 4.79 Å². The van der Waals surface area contributed by atoms with Crippen molar-refractivity contribution in [2.45, 2.75) is 13.0 Å². The topological polar surface area (TPSA) is 110 Å². The maximum Gasteiger partial charge on any atom is 0.337 e. The van der Waals surface area contributed by atoms with Gasteiger partial charge in [0.25, 0.3) is 5.91 Å². The van der Waals surface area contributed by atoms with Gasteiger partial charge in [-0.05, 0) is 36.4 Å². The minimum absolute atomic E-state index is 0.261. The van der Waals surface area contributed by atoms with Crippen LogP contribution in [0.1, 0.15) is 27.1 Å². The van der Waals surface area contributed by atoms with Crippen LogP contribution in [0.4, 0.5) is 5.69 Å². The molecule has 1 amide bonds. The van der Waals surface area contributed by atoms with E-state index in [-0.39, 0.29) is 12.3 Å². The Balaban J connectivity index is 1.65. The number of furan rings is 1. The fourth-order valence-electron chi connectivity index (χ4n) is 3.15. The van der Waals surface area contributed by atoms with Crippen LogP contribution in [0, 0.1) is 11.3 Å². The zero-order valence-electron chi connectivity index (χ0n) is 16.7. The molecule has 2 aromatic carbocycles. The molecule has 0 aliphatic heterocycles. The standard InChI is InChI=1S/C23H18N4O4/c1-30-23(29)15-7-9-17(10-8-15)25-22(28)18-14-27(12-4-11-24)26-21(18)20-13-16-5-2-3-6-19(16)31-20/h2-3,5-10,13-14H,4,12H2,1H3,(H,25,28). The lowest BCUT2D eigenvalue weighted by molar-refractivity contribution is 0.0600. The molecule has 0 saturated heterocycles. The normalized spacial score (nSPS) is 10.6. The Morgan fingerprint density at radius 2 is 1.97 bits per heavy atom. The highest BCUT2D eigenvalue weighted by Gasteiger charge is 2.21. The van der Waals surface area contributed by atoms with E-state index in [1.165, 1.54) is 7.11 Å². The molecule has 0 saturated carbocycles. The summed E-state index contributed by atoms with van der Waals surface area (Å²) in [7, 11) is 1.31. The van der Waals surface area contributed by atoms with Crippen LogP contribution in [-0.2, 0) is 11.3 Å². The molecule has 8 heteroatoms. The van der Waals surface area contributed by atoms with Crippen molar-refractivity contribution in [1.29, 1.82) is 5.26 Å². The SMILES string of the molecule is COC(=O)c1ccc(NC(=O)c2cn(CCC#N)nc2-c2cc3ccccc3o2)cc1. The quantitative estimate of drug-likeness (QED) is 0.472. The second-order valence-corrected chi connectivity index (χ2v) is 6.73. The number of methoxy groups -OCH3 is 1. The minimum Gasteiger partial charge on any atom is -0.465 e. The molecule has 0 aliphatic carbocycles. The summed E-state index contributed by atoms with van der Waals surface area (Å²) in [6.45, 7) is 0.352. The number of hydrogen-bond donors (Lipinski definition) is 1. The van der Waals surface area contributed by atoms with Gasteiger partial charge in [-0.2, -0.15) is 10.4 Å². The molecule has 4 rings (SSSR count). The highest BCUT2D eigenvalue weighted by Crippen LogP contribution is 2.29. The predicted molar refractivity (Wildman–Crippen MR) is 113 cm³/mol. The Kier molecular flexibility index (Phi) is 5.49. The number of para-hydroxylation sites is 1. The van der Waals surface area contributed by atoms with Gasteiger partial charge >= 0.3 is 5.97 Å². The summed E-state index contributed by atoms with van der Waals surface area (Å²) in [5, 5.41) is 17.1. The number of esters is 1. The van der Waals surface area contributed by atoms with Gasteiger partial charge in [0.1, 0.15) is 11.3 Å². The first-order chi connectivity index (χ1) is 15.1. The number of nitrogens with zero attached hydrogens (tertiary/aromatic N) is 3. The van der Waals surface area contributed by atoms with Gasteiger partial charge in [-0.15, -0.1) is 0 Å². The number of amides is 1. The van der Waals surface area contributed by atoms with E-state index in [4.69, 9.17) is 9.68 Å². The van der Waals surface area contributed by atoms with Crippen molar-refractivity contribution in [3.63, 3.8) is 0 Å². The first-order valence-electron chi connectivity index (χ1n) is 9.52. The van der Waals surface area contributed by atoms with E-state index < -0.39 is 5.97 Å². The Morgan fingerprint density at radius 1 is 1.19 bits per heavy atom. The number of hydrogen-bond acceptors (Lipinski definition) is 6. The summed E-state index contributed by atoms with van der Waals surface area (Å²) >= 11 is 0. The number of aryl methyl sites for hydroxylation is 1. The molecule has 0 bridgehead atoms. The molecule has 0 spiro atoms. The monoisotopic (exact) mass is 414 g/mol. The van der Waals surface area contributed by atoms with Gasteiger partial charge < -0.3 is 14.5 Å². The number of ether oxygens (including phenoxy) is 1. The van der Waals surface area contributed by atoms with Crippen LogP contribution in [0.5, 0.6) is 0 Å². The van der Waals surface area contributed by atoms with Crippen molar-refractivity contribution in [1.82, 2.24) is 9.78 Å². The third-order valence-electron chi connectivity index (χ3n) is 4.68. The lowest BCUT2D eigenvalue weighted by Crippen LogP contribution is -2.12. The highest BCUT2D eigenvalue weighted by molar-refractivity contribution is 6.08. The van der Waals surface area contributed by atoms with Crippen LogP contribution in [-0.4, -0.2) is 28.8 Å². The summed E-state index contributed by atoms with van der Waals surface area (Å²) in [6.07, 6.45) is 1.86. The molecule has 2 heterocycles. The molecule has 2 aromatic heterocycles. The molecule has 0 atom stereocenters. The van der Waals surface area contributed by atoms with Gasteiger partial charge in [-0.3, -0.25) is 9.48 Å². The fraction of sp³-hybridized carbons (Fsp3) is 0.130. The van der Waals surface area contributed by atoms with E-state index in [1.807, 2.05) is 30.3 Å². The van der Waals surface area contributed by atoms with Crippen molar-refractivity contribution in [3.05, 3.63) is 71.9 Å². The van der Waals surface area contributed by atoms with Gasteiger partial charge in [0.15, 0.2) is 5.76 Å². The Labute approximate surface area is 177 Å². The zero-order valence-corrected chi connectivity index (χ0v) is 16.7. The molecule has 8 nitrogen and oxygen atoms in total. The Bertz CT molecular complexity index is 1260. The molecule has 0 fully saturated rings. The van der Waals surface area contributed by atoms with Gasteiger partial charge in [0.05, 0.1) is 37.3 Å². The van der Waals surface area contributed by atoms with Gasteiger partial charge in [0.2, 0.25) is 0 Å². The van der Waals surface area contributed by atoms with E-state index in [2.05, 4.69) is 21.2 Å². The third kappa shape index (κ3) is 4.16. The first-order valence-corrected chi connectivity index (χ1v) is 9.52. The highest BCUT2D eigenvalue weighted by atomic mass is 16.5. The average Bonchev–Trinajstić information content (AvgIpc) is 3.41. The molecular weight excluding hydrogens is 396 g/mol. The number of benzene rings is 2. The smallest absolute Gasteiger partial charge is 0.337 e. The molecule has 0 aliphatic rings. The summed E-state index contributed by atoms with van der Waals surface area (Å²) < 4.78 is 12.1. The first kappa shape index (κ1) is 19.9. The number of nitriles is 1. The number of nitrogens with one attached hydrogen (secondary N) is 1. The predicted octanol–water partition coefficient (Wildman–Crippen LogP) is 4.25. The molecule has 1 N–H and O–H groups in total. The van der Waals surface area contributed by atoms with E-state index in [9.17, 15) is 9.59 Å². The van der Waals surface area contributed by atoms with Crippen LogP contribution < -0.4 is 5.32 Å². The lowest BCUT2D eigenvalue weighted by Gasteiger charge is -2.05. The Morgan fingerprint density at radius 3 is 2.68 bits per heavy atom. The largest absolute Gasteiger partial charge is 0.465 e. The van der Waals surface area contributed by atoms with Crippen LogP contribution in [0.15, 0.2) is 65.2 Å². The number of rotatable bonds is 6. The zero-order chi connectivity index (χ0) is 21.8. The number of carbonyl (C=O) groups is 2. The molecule has 0 radical (unpaired) electrons. The number of carbonyl (C=O) groups excluding carboxylic acids is 2. The molecule has 0 unspecified atom stereocenters. The second-order valence-electron chi connectivity index (χ2n) is 6.73. The summed E-state index contributed by atoms with van der Waals surface area (Å²) in [6, 6.07) is 17.8. The van der Waals surface area contributed by atoms with Crippen molar-refractivity contribution >= 4 is 28.5 Å². The number of fused-ring (bicyclic) bond motifs is 1. The van der Waals surface area contributed by atoms with Crippen LogP contribution in [0.25, 0.3) is 22.4 Å². The van der Waals surface area contributed by atoms with E-state index in [0.717, 1.165) is 5.39 Å². The van der Waals surface area contributed by atoms with Gasteiger partial charge in [0, 0.05) is 17.3 Å². The van der Waals surface area contributed by atoms with Crippen molar-refractivity contribution in [3.8, 4) is 17.5 Å². The van der Waals surface area contributed by atoms with Crippen molar-refractivity contribution < 1.29 is 18.7 Å². The second kappa shape index (κ2) is 8.55.